The van der Waals surface area contributed by atoms with Gasteiger partial charge in [-0.25, -0.2) is 4.79 Å². The number of β-amino-alcohol motifs (C(OH)–C–C–N with tert-alkyl or cyclic N) is 1. The van der Waals surface area contributed by atoms with E-state index in [1.54, 1.807) is 36.0 Å². The van der Waals surface area contributed by atoms with Crippen molar-refractivity contribution in [3.05, 3.63) is 24.3 Å². The zero-order valence-electron chi connectivity index (χ0n) is 14.4. The number of ether oxygens (including phenoxy) is 1. The van der Waals surface area contributed by atoms with Crippen molar-refractivity contribution >= 4 is 35.3 Å². The van der Waals surface area contributed by atoms with E-state index in [2.05, 4.69) is 10.6 Å². The summed E-state index contributed by atoms with van der Waals surface area (Å²) < 4.78 is 5.49. The van der Waals surface area contributed by atoms with Gasteiger partial charge in [-0.1, -0.05) is 0 Å². The molecule has 140 valence electrons. The third kappa shape index (κ3) is 3.94. The summed E-state index contributed by atoms with van der Waals surface area (Å²) in [6, 6.07) is 6.23. The Kier molecular flexibility index (Phi) is 5.38. The summed E-state index contributed by atoms with van der Waals surface area (Å²) in [5, 5.41) is 15.6. The topological polar surface area (TPSA) is 108 Å². The van der Waals surface area contributed by atoms with Crippen molar-refractivity contribution in [3.8, 4) is 5.75 Å². The van der Waals surface area contributed by atoms with Gasteiger partial charge in [0.15, 0.2) is 0 Å². The number of hydrogen-bond donors (Lipinski definition) is 3. The van der Waals surface area contributed by atoms with Gasteiger partial charge in [0, 0.05) is 18.4 Å². The Hall–Kier alpha value is -2.26. The Morgan fingerprint density at radius 3 is 2.77 bits per heavy atom. The molecule has 0 aliphatic carbocycles. The van der Waals surface area contributed by atoms with Crippen molar-refractivity contribution in [3.63, 3.8) is 0 Å². The molecule has 2 atom stereocenters. The number of nitrogens with one attached hydrogen (secondary N) is 2. The highest BCUT2D eigenvalue weighted by atomic mass is 32.2. The number of nitrogens with zero attached hydrogens (tertiary/aromatic N) is 1. The molecule has 0 aromatic heterocycles. The maximum absolute atomic E-state index is 12.5. The van der Waals surface area contributed by atoms with Crippen LogP contribution in [0, 0.1) is 0 Å². The third-order valence-corrected chi connectivity index (χ3v) is 5.47. The maximum Gasteiger partial charge on any atom is 0.325 e. The quantitative estimate of drug-likeness (QED) is 0.632. The van der Waals surface area contributed by atoms with Gasteiger partial charge >= 0.3 is 6.03 Å². The van der Waals surface area contributed by atoms with Crippen LogP contribution in [0.25, 0.3) is 0 Å². The van der Waals surface area contributed by atoms with E-state index in [-0.39, 0.29) is 25.0 Å². The number of urea groups is 1. The van der Waals surface area contributed by atoms with Gasteiger partial charge in [-0.05, 0) is 36.4 Å². The highest BCUT2D eigenvalue weighted by molar-refractivity contribution is 7.99. The van der Waals surface area contributed by atoms with Crippen LogP contribution in [-0.2, 0) is 9.59 Å². The van der Waals surface area contributed by atoms with Gasteiger partial charge < -0.3 is 20.5 Å². The van der Waals surface area contributed by atoms with Crippen LogP contribution in [0.5, 0.6) is 5.75 Å². The van der Waals surface area contributed by atoms with Gasteiger partial charge in [0.05, 0.1) is 6.54 Å². The average molecular weight is 379 g/mol. The lowest BCUT2D eigenvalue weighted by atomic mass is 9.99. The van der Waals surface area contributed by atoms with Crippen LogP contribution in [0.4, 0.5) is 10.5 Å². The van der Waals surface area contributed by atoms with Crippen LogP contribution < -0.4 is 15.4 Å². The van der Waals surface area contributed by atoms with E-state index in [1.807, 2.05) is 0 Å². The van der Waals surface area contributed by atoms with E-state index in [4.69, 9.17) is 4.74 Å². The first kappa shape index (κ1) is 18.5. The molecule has 26 heavy (non-hydrogen) atoms. The number of anilines is 1. The molecule has 2 aliphatic heterocycles. The Bertz CT molecular complexity index is 703. The fourth-order valence-corrected chi connectivity index (χ4v) is 4.29. The van der Waals surface area contributed by atoms with E-state index in [9.17, 15) is 19.5 Å². The zero-order chi connectivity index (χ0) is 18.7. The molecule has 3 N–H and O–H groups in total. The third-order valence-electron chi connectivity index (χ3n) is 4.28. The Morgan fingerprint density at radius 1 is 1.42 bits per heavy atom. The predicted octanol–water partition coefficient (Wildman–Crippen LogP) is 0.812. The highest BCUT2D eigenvalue weighted by Gasteiger charge is 2.53. The minimum absolute atomic E-state index is 0.0572. The molecule has 0 unspecified atom stereocenters. The summed E-state index contributed by atoms with van der Waals surface area (Å²) in [6.45, 7) is 1.25. The molecule has 0 bridgehead atoms. The molecular weight excluding hydrogens is 358 g/mol. The van der Waals surface area contributed by atoms with Crippen LogP contribution in [-0.4, -0.2) is 64.2 Å². The lowest BCUT2D eigenvalue weighted by molar-refractivity contribution is -0.131. The molecule has 1 aromatic rings. The molecule has 2 saturated heterocycles. The standard InChI is InChI=1S/C17H21N3O5S/c1-11(21)18-12-2-4-14(5-3-12)25-9-13(22)8-20-15(23)17(19-16(20)24)6-7-26-10-17/h2-5,13,22H,6-10H2,1H3,(H,18,21)(H,19,24)/t13-,17+/m0/s1. The molecule has 8 nitrogen and oxygen atoms in total. The largest absolute Gasteiger partial charge is 0.491 e. The molecule has 0 radical (unpaired) electrons. The van der Waals surface area contributed by atoms with Crippen molar-refractivity contribution in [1.29, 1.82) is 0 Å². The molecule has 0 saturated carbocycles. The predicted molar refractivity (Wildman–Crippen MR) is 97.2 cm³/mol. The number of hydrogen-bond acceptors (Lipinski definition) is 6. The minimum Gasteiger partial charge on any atom is -0.491 e. The number of imide groups is 1. The molecule has 2 heterocycles. The molecule has 3 rings (SSSR count). The van der Waals surface area contributed by atoms with Crippen molar-refractivity contribution in [2.24, 2.45) is 0 Å². The van der Waals surface area contributed by atoms with Gasteiger partial charge in [-0.2, -0.15) is 11.8 Å². The van der Waals surface area contributed by atoms with E-state index < -0.39 is 17.7 Å². The van der Waals surface area contributed by atoms with Gasteiger partial charge in [-0.15, -0.1) is 0 Å². The molecule has 4 amide bonds. The molecule has 2 aliphatic rings. The van der Waals surface area contributed by atoms with Gasteiger partial charge in [0.1, 0.15) is 24.0 Å². The van der Waals surface area contributed by atoms with Gasteiger partial charge in [-0.3, -0.25) is 14.5 Å². The molecule has 1 spiro atoms. The first-order chi connectivity index (χ1) is 12.4. The number of aliphatic hydroxyl groups is 1. The van der Waals surface area contributed by atoms with Crippen LogP contribution in [0.3, 0.4) is 0 Å². The lowest BCUT2D eigenvalue weighted by Crippen LogP contribution is -2.47. The summed E-state index contributed by atoms with van der Waals surface area (Å²) in [7, 11) is 0. The van der Waals surface area contributed by atoms with Crippen molar-refractivity contribution in [1.82, 2.24) is 10.2 Å². The lowest BCUT2D eigenvalue weighted by Gasteiger charge is -2.21. The molecule has 1 aromatic carbocycles. The summed E-state index contributed by atoms with van der Waals surface area (Å²) in [6.07, 6.45) is -0.379. The van der Waals surface area contributed by atoms with E-state index in [0.717, 1.165) is 10.7 Å². The molecular formula is C17H21N3O5S. The number of aliphatic hydroxyl groups excluding tert-OH is 1. The normalized spacial score (nSPS) is 23.2. The first-order valence-corrected chi connectivity index (χ1v) is 9.45. The fraction of sp³-hybridized carbons (Fsp3) is 0.471. The summed E-state index contributed by atoms with van der Waals surface area (Å²) in [5.74, 6) is 1.48. The zero-order valence-corrected chi connectivity index (χ0v) is 15.2. The van der Waals surface area contributed by atoms with Crippen LogP contribution in [0.2, 0.25) is 0 Å². The number of carbonyl (C=O) groups is 3. The molecule has 9 heteroatoms. The van der Waals surface area contributed by atoms with Crippen molar-refractivity contribution < 1.29 is 24.2 Å². The van der Waals surface area contributed by atoms with E-state index in [0.29, 0.717) is 23.6 Å². The highest BCUT2D eigenvalue weighted by Crippen LogP contribution is 2.33. The number of benzene rings is 1. The Morgan fingerprint density at radius 2 is 2.15 bits per heavy atom. The van der Waals surface area contributed by atoms with Gasteiger partial charge in [0.2, 0.25) is 5.91 Å². The average Bonchev–Trinajstić information content (AvgIpc) is 3.15. The number of thioether (sulfide) groups is 1. The number of rotatable bonds is 6. The maximum atomic E-state index is 12.5. The Balaban J connectivity index is 1.51. The van der Waals surface area contributed by atoms with E-state index in [1.165, 1.54) is 6.92 Å². The number of carbonyl (C=O) groups excluding carboxylic acids is 3. The number of amides is 4. The first-order valence-electron chi connectivity index (χ1n) is 8.30. The van der Waals surface area contributed by atoms with Crippen molar-refractivity contribution in [2.45, 2.75) is 25.0 Å². The smallest absolute Gasteiger partial charge is 0.325 e. The second-order valence-electron chi connectivity index (χ2n) is 6.40. The van der Waals surface area contributed by atoms with Gasteiger partial charge in [0.25, 0.3) is 5.91 Å². The fourth-order valence-electron chi connectivity index (χ4n) is 2.97. The minimum atomic E-state index is -0.996. The van der Waals surface area contributed by atoms with Crippen molar-refractivity contribution in [2.75, 3.05) is 30.0 Å². The van der Waals surface area contributed by atoms with Crippen LogP contribution in [0.1, 0.15) is 13.3 Å². The molecule has 2 fully saturated rings. The summed E-state index contributed by atoms with van der Waals surface area (Å²) >= 11 is 1.63. The second kappa shape index (κ2) is 7.55. The summed E-state index contributed by atoms with van der Waals surface area (Å²) in [4.78, 5) is 36.6. The second-order valence-corrected chi connectivity index (χ2v) is 7.51. The Labute approximate surface area is 155 Å². The van der Waals surface area contributed by atoms with Crippen LogP contribution in [0.15, 0.2) is 24.3 Å². The monoisotopic (exact) mass is 379 g/mol. The summed E-state index contributed by atoms with van der Waals surface area (Å²) in [5.41, 5.74) is -0.161. The SMILES string of the molecule is CC(=O)Nc1ccc(OC[C@@H](O)CN2C(=O)N[C@@]3(CCSC3)C2=O)cc1. The van der Waals surface area contributed by atoms with Crippen LogP contribution >= 0.6 is 11.8 Å². The van der Waals surface area contributed by atoms with E-state index >= 15 is 0 Å².